The summed E-state index contributed by atoms with van der Waals surface area (Å²) in [6.07, 6.45) is 3.68. The van der Waals surface area contributed by atoms with Gasteiger partial charge in [0.2, 0.25) is 5.91 Å². The summed E-state index contributed by atoms with van der Waals surface area (Å²) in [4.78, 5) is 26.7. The topological polar surface area (TPSA) is 95.3 Å². The Labute approximate surface area is 207 Å². The van der Waals surface area contributed by atoms with E-state index in [1.54, 1.807) is 0 Å². The minimum atomic E-state index is -0.367. The first-order valence-corrected chi connectivity index (χ1v) is 13.1. The number of aromatic nitrogens is 3. The van der Waals surface area contributed by atoms with Crippen molar-refractivity contribution in [2.75, 3.05) is 11.1 Å². The van der Waals surface area contributed by atoms with E-state index in [9.17, 15) is 9.59 Å². The van der Waals surface area contributed by atoms with E-state index >= 15 is 0 Å². The van der Waals surface area contributed by atoms with Gasteiger partial charge < -0.3 is 19.4 Å². The van der Waals surface area contributed by atoms with Crippen LogP contribution in [-0.2, 0) is 36.0 Å². The Morgan fingerprint density at radius 2 is 1.94 bits per heavy atom. The molecule has 0 unspecified atom stereocenters. The standard InChI is InChI=1S/C24H28N4O4S2/c1-15(2)32-23(30)21-17-11-7-8-12-18(17)34-22(21)25-20(29)14-33-24-27-26-19(28(24)3)13-31-16-9-5-4-6-10-16/h4-6,9-10,15H,7-8,11-14H2,1-3H3,(H,25,29). The van der Waals surface area contributed by atoms with Crippen molar-refractivity contribution in [3.05, 3.63) is 52.2 Å². The number of esters is 1. The van der Waals surface area contributed by atoms with Gasteiger partial charge in [-0.15, -0.1) is 21.5 Å². The molecule has 0 saturated carbocycles. The molecule has 2 aromatic heterocycles. The van der Waals surface area contributed by atoms with E-state index in [0.717, 1.165) is 37.0 Å². The maximum Gasteiger partial charge on any atom is 0.341 e. The smallest absolute Gasteiger partial charge is 0.341 e. The highest BCUT2D eigenvalue weighted by atomic mass is 32.2. The number of thioether (sulfide) groups is 1. The van der Waals surface area contributed by atoms with Crippen molar-refractivity contribution in [1.82, 2.24) is 14.8 Å². The predicted octanol–water partition coefficient (Wildman–Crippen LogP) is 4.63. The molecule has 8 nitrogen and oxygen atoms in total. The number of hydrogen-bond acceptors (Lipinski definition) is 8. The number of hydrogen-bond donors (Lipinski definition) is 1. The van der Waals surface area contributed by atoms with Crippen LogP contribution in [0.3, 0.4) is 0 Å². The van der Waals surface area contributed by atoms with Crippen molar-refractivity contribution in [3.63, 3.8) is 0 Å². The Bertz CT molecular complexity index is 1160. The van der Waals surface area contributed by atoms with Gasteiger partial charge in [-0.3, -0.25) is 4.79 Å². The summed E-state index contributed by atoms with van der Waals surface area (Å²) in [5, 5.41) is 12.5. The van der Waals surface area contributed by atoms with Crippen LogP contribution in [0.15, 0.2) is 35.5 Å². The number of aryl methyl sites for hydroxylation is 1. The van der Waals surface area contributed by atoms with Gasteiger partial charge in [-0.05, 0) is 57.2 Å². The zero-order chi connectivity index (χ0) is 24.1. The molecule has 0 saturated heterocycles. The molecule has 0 spiro atoms. The number of fused-ring (bicyclic) bond motifs is 1. The maximum absolute atomic E-state index is 12.8. The van der Waals surface area contributed by atoms with Gasteiger partial charge in [0, 0.05) is 11.9 Å². The Morgan fingerprint density at radius 1 is 1.18 bits per heavy atom. The first-order chi connectivity index (χ1) is 16.4. The summed E-state index contributed by atoms with van der Waals surface area (Å²) in [5.74, 6) is 0.995. The van der Waals surface area contributed by atoms with Crippen molar-refractivity contribution in [3.8, 4) is 5.75 Å². The van der Waals surface area contributed by atoms with Crippen LogP contribution in [0.4, 0.5) is 5.00 Å². The first kappa shape index (κ1) is 24.3. The average molecular weight is 501 g/mol. The van der Waals surface area contributed by atoms with Crippen LogP contribution >= 0.6 is 23.1 Å². The zero-order valence-corrected chi connectivity index (χ0v) is 21.1. The highest BCUT2D eigenvalue weighted by molar-refractivity contribution is 7.99. The minimum absolute atomic E-state index is 0.146. The molecule has 2 heterocycles. The Hall–Kier alpha value is -2.85. The van der Waals surface area contributed by atoms with Gasteiger partial charge in [0.15, 0.2) is 11.0 Å². The van der Waals surface area contributed by atoms with Crippen molar-refractivity contribution >= 4 is 40.0 Å². The van der Waals surface area contributed by atoms with E-state index in [4.69, 9.17) is 9.47 Å². The normalized spacial score (nSPS) is 12.9. The number of amides is 1. The third-order valence-corrected chi connectivity index (χ3v) is 7.57. The van der Waals surface area contributed by atoms with Crippen LogP contribution in [0.2, 0.25) is 0 Å². The molecule has 1 aliphatic rings. The Morgan fingerprint density at radius 3 is 2.71 bits per heavy atom. The van der Waals surface area contributed by atoms with Crippen LogP contribution < -0.4 is 10.1 Å². The molecular formula is C24H28N4O4S2. The van der Waals surface area contributed by atoms with Crippen LogP contribution in [0.5, 0.6) is 5.75 Å². The van der Waals surface area contributed by atoms with Crippen LogP contribution in [0.1, 0.15) is 53.3 Å². The summed E-state index contributed by atoms with van der Waals surface area (Å²) in [7, 11) is 1.84. The first-order valence-electron chi connectivity index (χ1n) is 11.3. The van der Waals surface area contributed by atoms with Crippen LogP contribution in [0.25, 0.3) is 0 Å². The number of benzene rings is 1. The molecule has 0 radical (unpaired) electrons. The molecule has 1 amide bonds. The summed E-state index contributed by atoms with van der Waals surface area (Å²) >= 11 is 2.77. The molecule has 34 heavy (non-hydrogen) atoms. The number of carbonyl (C=O) groups excluding carboxylic acids is 2. The fourth-order valence-electron chi connectivity index (χ4n) is 3.70. The second kappa shape index (κ2) is 11.1. The largest absolute Gasteiger partial charge is 0.486 e. The molecule has 0 fully saturated rings. The number of ether oxygens (including phenoxy) is 2. The molecule has 0 bridgehead atoms. The lowest BCUT2D eigenvalue weighted by Gasteiger charge is -2.14. The molecule has 180 valence electrons. The average Bonchev–Trinajstić information content (AvgIpc) is 3.36. The van der Waals surface area contributed by atoms with E-state index < -0.39 is 0 Å². The van der Waals surface area contributed by atoms with Crippen LogP contribution in [0, 0.1) is 0 Å². The highest BCUT2D eigenvalue weighted by Gasteiger charge is 2.28. The number of rotatable bonds is 9. The van der Waals surface area contributed by atoms with E-state index in [1.807, 2.05) is 55.8 Å². The van der Waals surface area contributed by atoms with E-state index in [2.05, 4.69) is 15.5 Å². The third kappa shape index (κ3) is 5.79. The number of anilines is 1. The van der Waals surface area contributed by atoms with Gasteiger partial charge in [0.05, 0.1) is 17.4 Å². The van der Waals surface area contributed by atoms with E-state index in [-0.39, 0.29) is 30.3 Å². The molecule has 10 heteroatoms. The fourth-order valence-corrected chi connectivity index (χ4v) is 5.72. The van der Waals surface area contributed by atoms with Gasteiger partial charge >= 0.3 is 5.97 Å². The minimum Gasteiger partial charge on any atom is -0.486 e. The number of nitrogens with zero attached hydrogens (tertiary/aromatic N) is 3. The van der Waals surface area contributed by atoms with E-state index in [1.165, 1.54) is 28.0 Å². The zero-order valence-electron chi connectivity index (χ0n) is 19.5. The number of nitrogens with one attached hydrogen (secondary N) is 1. The third-order valence-electron chi connectivity index (χ3n) is 5.34. The number of para-hydroxylation sites is 1. The van der Waals surface area contributed by atoms with Gasteiger partial charge in [-0.1, -0.05) is 30.0 Å². The maximum atomic E-state index is 12.8. The molecule has 4 rings (SSSR count). The van der Waals surface area contributed by atoms with Gasteiger partial charge in [0.25, 0.3) is 0 Å². The SMILES string of the molecule is CC(C)OC(=O)c1c(NC(=O)CSc2nnc(COc3ccccc3)n2C)sc2c1CCCC2. The lowest BCUT2D eigenvalue weighted by Crippen LogP contribution is -2.19. The van der Waals surface area contributed by atoms with Crippen molar-refractivity contribution in [1.29, 1.82) is 0 Å². The van der Waals surface area contributed by atoms with E-state index in [0.29, 0.717) is 21.5 Å². The molecular weight excluding hydrogens is 472 g/mol. The molecule has 1 N–H and O–H groups in total. The van der Waals surface area contributed by atoms with Crippen molar-refractivity contribution in [2.45, 2.75) is 57.4 Å². The summed E-state index contributed by atoms with van der Waals surface area (Å²) in [6, 6.07) is 9.50. The summed E-state index contributed by atoms with van der Waals surface area (Å²) < 4.78 is 13.0. The number of thiophene rings is 1. The molecule has 1 aromatic carbocycles. The molecule has 0 atom stereocenters. The summed E-state index contributed by atoms with van der Waals surface area (Å²) in [5.41, 5.74) is 1.55. The monoisotopic (exact) mass is 500 g/mol. The molecule has 0 aliphatic heterocycles. The van der Waals surface area contributed by atoms with Crippen LogP contribution in [-0.4, -0.2) is 38.5 Å². The number of carbonyl (C=O) groups is 2. The highest BCUT2D eigenvalue weighted by Crippen LogP contribution is 2.39. The molecule has 1 aliphatic carbocycles. The second-order valence-corrected chi connectivity index (χ2v) is 10.3. The Kier molecular flexibility index (Phi) is 7.89. The van der Waals surface area contributed by atoms with Crippen molar-refractivity contribution < 1.29 is 19.1 Å². The molecule has 3 aromatic rings. The summed E-state index contributed by atoms with van der Waals surface area (Å²) in [6.45, 7) is 3.93. The quantitative estimate of drug-likeness (QED) is 0.338. The lowest BCUT2D eigenvalue weighted by molar-refractivity contribution is -0.113. The second-order valence-electron chi connectivity index (χ2n) is 8.27. The van der Waals surface area contributed by atoms with Gasteiger partial charge in [-0.2, -0.15) is 0 Å². The fraction of sp³-hybridized carbons (Fsp3) is 0.417. The van der Waals surface area contributed by atoms with Gasteiger partial charge in [-0.25, -0.2) is 4.79 Å². The van der Waals surface area contributed by atoms with Gasteiger partial charge in [0.1, 0.15) is 17.4 Å². The predicted molar refractivity (Wildman–Crippen MR) is 133 cm³/mol. The van der Waals surface area contributed by atoms with Crippen molar-refractivity contribution in [2.24, 2.45) is 7.05 Å². The lowest BCUT2D eigenvalue weighted by atomic mass is 9.95. The Balaban J connectivity index is 1.38.